The van der Waals surface area contributed by atoms with Gasteiger partial charge in [-0.3, -0.25) is 0 Å². The van der Waals surface area contributed by atoms with Crippen LogP contribution >= 0.6 is 23.1 Å². The summed E-state index contributed by atoms with van der Waals surface area (Å²) in [6.07, 6.45) is -0.703. The van der Waals surface area contributed by atoms with Crippen LogP contribution in [0.25, 0.3) is 0 Å². The molecule has 0 saturated heterocycles. The molecule has 0 aliphatic heterocycles. The lowest BCUT2D eigenvalue weighted by molar-refractivity contribution is 0.195. The largest absolute Gasteiger partial charge is 0.389 e. The SMILES string of the molecule is C[C@H](O)c1cccc(F)c1Sc1nncs1. The second-order valence-corrected chi connectivity index (χ2v) is 5.23. The molecule has 1 aromatic carbocycles. The molecule has 1 N–H and O–H groups in total. The summed E-state index contributed by atoms with van der Waals surface area (Å²) >= 11 is 2.53. The van der Waals surface area contributed by atoms with E-state index in [0.29, 0.717) is 14.8 Å². The summed E-state index contributed by atoms with van der Waals surface area (Å²) in [6.45, 7) is 1.61. The quantitative estimate of drug-likeness (QED) is 0.917. The lowest BCUT2D eigenvalue weighted by Gasteiger charge is -2.10. The first-order chi connectivity index (χ1) is 7.68. The van der Waals surface area contributed by atoms with Crippen molar-refractivity contribution in [3.63, 3.8) is 0 Å². The summed E-state index contributed by atoms with van der Waals surface area (Å²) in [7, 11) is 0. The highest BCUT2D eigenvalue weighted by Gasteiger charge is 2.14. The second kappa shape index (κ2) is 4.90. The molecule has 1 aromatic heterocycles. The normalized spacial score (nSPS) is 12.7. The minimum absolute atomic E-state index is 0.349. The van der Waals surface area contributed by atoms with Crippen LogP contribution in [-0.4, -0.2) is 15.3 Å². The molecule has 0 fully saturated rings. The highest BCUT2D eigenvalue weighted by molar-refractivity contribution is 8.01. The first-order valence-electron chi connectivity index (χ1n) is 4.59. The molecule has 3 nitrogen and oxygen atoms in total. The highest BCUT2D eigenvalue weighted by atomic mass is 32.2. The van der Waals surface area contributed by atoms with E-state index in [1.165, 1.54) is 29.2 Å². The minimum atomic E-state index is -0.703. The van der Waals surface area contributed by atoms with Gasteiger partial charge in [-0.2, -0.15) is 0 Å². The van der Waals surface area contributed by atoms with Crippen molar-refractivity contribution in [2.24, 2.45) is 0 Å². The standard InChI is InChI=1S/C10H9FN2OS2/c1-6(14)7-3-2-4-8(11)9(7)16-10-13-12-5-15-10/h2-6,14H,1H3/t6-/m0/s1. The molecule has 0 unspecified atom stereocenters. The molecule has 0 amide bonds. The van der Waals surface area contributed by atoms with E-state index in [1.807, 2.05) is 0 Å². The number of benzene rings is 1. The maximum Gasteiger partial charge on any atom is 0.178 e. The summed E-state index contributed by atoms with van der Waals surface area (Å²) < 4.78 is 14.3. The van der Waals surface area contributed by atoms with Crippen LogP contribution in [0.1, 0.15) is 18.6 Å². The van der Waals surface area contributed by atoms with Crippen LogP contribution in [0.5, 0.6) is 0 Å². The van der Waals surface area contributed by atoms with Gasteiger partial charge in [-0.25, -0.2) is 4.39 Å². The molecule has 0 bridgehead atoms. The van der Waals surface area contributed by atoms with Crippen molar-refractivity contribution in [1.29, 1.82) is 0 Å². The Hall–Kier alpha value is -0.980. The second-order valence-electron chi connectivity index (χ2n) is 3.14. The van der Waals surface area contributed by atoms with E-state index in [4.69, 9.17) is 0 Å². The zero-order chi connectivity index (χ0) is 11.5. The number of aliphatic hydroxyl groups excluding tert-OH is 1. The van der Waals surface area contributed by atoms with Crippen LogP contribution in [0.15, 0.2) is 32.9 Å². The lowest BCUT2D eigenvalue weighted by atomic mass is 10.1. The molecular formula is C10H9FN2OS2. The Kier molecular flexibility index (Phi) is 3.52. The van der Waals surface area contributed by atoms with Gasteiger partial charge in [0.15, 0.2) is 4.34 Å². The number of nitrogens with zero attached hydrogens (tertiary/aromatic N) is 2. The maximum atomic E-state index is 13.6. The van der Waals surface area contributed by atoms with Gasteiger partial charge in [0.1, 0.15) is 11.3 Å². The smallest absolute Gasteiger partial charge is 0.178 e. The van der Waals surface area contributed by atoms with Gasteiger partial charge in [0.25, 0.3) is 0 Å². The molecule has 84 valence electrons. The highest BCUT2D eigenvalue weighted by Crippen LogP contribution is 2.35. The van der Waals surface area contributed by atoms with Crippen molar-refractivity contribution in [3.05, 3.63) is 35.1 Å². The van der Waals surface area contributed by atoms with E-state index in [2.05, 4.69) is 10.2 Å². The molecule has 2 aromatic rings. The van der Waals surface area contributed by atoms with Crippen LogP contribution in [-0.2, 0) is 0 Å². The average Bonchev–Trinajstić information content (AvgIpc) is 2.73. The van der Waals surface area contributed by atoms with Crippen LogP contribution in [0.3, 0.4) is 0 Å². The average molecular weight is 256 g/mol. The number of hydrogen-bond donors (Lipinski definition) is 1. The van der Waals surface area contributed by atoms with Crippen molar-refractivity contribution < 1.29 is 9.50 Å². The number of halogens is 1. The van der Waals surface area contributed by atoms with E-state index in [1.54, 1.807) is 24.6 Å². The third-order valence-electron chi connectivity index (χ3n) is 1.98. The predicted molar refractivity (Wildman–Crippen MR) is 61.1 cm³/mol. The van der Waals surface area contributed by atoms with Crippen molar-refractivity contribution in [3.8, 4) is 0 Å². The molecule has 0 radical (unpaired) electrons. The third-order valence-corrected chi connectivity index (χ3v) is 3.89. The monoisotopic (exact) mass is 256 g/mol. The molecule has 0 aliphatic rings. The summed E-state index contributed by atoms with van der Waals surface area (Å²) in [5, 5.41) is 17.1. The molecular weight excluding hydrogens is 247 g/mol. The van der Waals surface area contributed by atoms with Gasteiger partial charge in [0.05, 0.1) is 11.0 Å². The lowest BCUT2D eigenvalue weighted by Crippen LogP contribution is -1.96. The number of aliphatic hydroxyl groups is 1. The fourth-order valence-electron chi connectivity index (χ4n) is 1.26. The molecule has 1 atom stereocenters. The molecule has 1 heterocycles. The van der Waals surface area contributed by atoms with Gasteiger partial charge in [-0.05, 0) is 18.6 Å². The van der Waals surface area contributed by atoms with Gasteiger partial charge >= 0.3 is 0 Å². The Labute approximate surface area is 100 Å². The van der Waals surface area contributed by atoms with E-state index in [9.17, 15) is 9.50 Å². The molecule has 6 heteroatoms. The summed E-state index contributed by atoms with van der Waals surface area (Å²) in [4.78, 5) is 0.411. The van der Waals surface area contributed by atoms with E-state index in [-0.39, 0.29) is 5.82 Å². The van der Waals surface area contributed by atoms with E-state index < -0.39 is 6.10 Å². The summed E-state index contributed by atoms with van der Waals surface area (Å²) in [5.74, 6) is -0.349. The van der Waals surface area contributed by atoms with Gasteiger partial charge in [0, 0.05) is 0 Å². The topological polar surface area (TPSA) is 46.0 Å². The van der Waals surface area contributed by atoms with E-state index >= 15 is 0 Å². The molecule has 0 aliphatic carbocycles. The Morgan fingerprint density at radius 3 is 2.94 bits per heavy atom. The van der Waals surface area contributed by atoms with Crippen LogP contribution in [0.4, 0.5) is 4.39 Å². The number of hydrogen-bond acceptors (Lipinski definition) is 5. The van der Waals surface area contributed by atoms with Crippen LogP contribution in [0.2, 0.25) is 0 Å². The molecule has 2 rings (SSSR count). The van der Waals surface area contributed by atoms with Gasteiger partial charge in [-0.15, -0.1) is 10.2 Å². The first-order valence-corrected chi connectivity index (χ1v) is 6.28. The van der Waals surface area contributed by atoms with Crippen LogP contribution < -0.4 is 0 Å². The summed E-state index contributed by atoms with van der Waals surface area (Å²) in [5.41, 5.74) is 2.16. The van der Waals surface area contributed by atoms with Gasteiger partial charge in [-0.1, -0.05) is 35.2 Å². The predicted octanol–water partition coefficient (Wildman–Crippen LogP) is 2.88. The van der Waals surface area contributed by atoms with Gasteiger partial charge < -0.3 is 5.11 Å². The van der Waals surface area contributed by atoms with Crippen molar-refractivity contribution in [2.45, 2.75) is 22.3 Å². The molecule has 0 saturated carbocycles. The fraction of sp³-hybridized carbons (Fsp3) is 0.200. The zero-order valence-electron chi connectivity index (χ0n) is 8.42. The Balaban J connectivity index is 2.38. The molecule has 0 spiro atoms. The Morgan fingerprint density at radius 2 is 2.31 bits per heavy atom. The minimum Gasteiger partial charge on any atom is -0.389 e. The van der Waals surface area contributed by atoms with Gasteiger partial charge in [0.2, 0.25) is 0 Å². The third kappa shape index (κ3) is 2.40. The van der Waals surface area contributed by atoms with E-state index in [0.717, 1.165) is 0 Å². The summed E-state index contributed by atoms with van der Waals surface area (Å²) in [6, 6.07) is 4.66. The first kappa shape index (κ1) is 11.5. The number of aromatic nitrogens is 2. The van der Waals surface area contributed by atoms with Crippen molar-refractivity contribution in [1.82, 2.24) is 10.2 Å². The fourth-order valence-corrected chi connectivity index (χ4v) is 2.89. The molecule has 16 heavy (non-hydrogen) atoms. The Morgan fingerprint density at radius 1 is 1.50 bits per heavy atom. The number of rotatable bonds is 3. The van der Waals surface area contributed by atoms with Crippen molar-refractivity contribution in [2.75, 3.05) is 0 Å². The van der Waals surface area contributed by atoms with Crippen LogP contribution in [0, 0.1) is 5.82 Å². The Bertz CT molecular complexity index is 474. The van der Waals surface area contributed by atoms with Crippen molar-refractivity contribution >= 4 is 23.1 Å². The zero-order valence-corrected chi connectivity index (χ0v) is 10.1. The maximum absolute atomic E-state index is 13.6.